The monoisotopic (exact) mass is 487 g/mol. The van der Waals surface area contributed by atoms with Gasteiger partial charge in [0.25, 0.3) is 0 Å². The van der Waals surface area contributed by atoms with Crippen LogP contribution in [0.15, 0.2) is 12.1 Å². The quantitative estimate of drug-likeness (QED) is 0.659. The Balaban J connectivity index is 2.08. The third kappa shape index (κ3) is 4.82. The fourth-order valence-corrected chi connectivity index (χ4v) is 5.45. The van der Waals surface area contributed by atoms with Crippen molar-refractivity contribution in [1.82, 2.24) is 9.62 Å². The van der Waals surface area contributed by atoms with Crippen molar-refractivity contribution in [3.05, 3.63) is 17.2 Å². The molecule has 0 unspecified atom stereocenters. The first-order valence-corrected chi connectivity index (χ1v) is 12.7. The summed E-state index contributed by atoms with van der Waals surface area (Å²) in [6, 6.07) is 3.02. The van der Waals surface area contributed by atoms with Crippen LogP contribution in [-0.2, 0) is 19.6 Å². The molecule has 32 heavy (non-hydrogen) atoms. The van der Waals surface area contributed by atoms with Crippen LogP contribution in [0.3, 0.4) is 0 Å². The van der Waals surface area contributed by atoms with Crippen LogP contribution in [0.4, 0.5) is 5.69 Å². The SMILES string of the molecule is COc1cc(OC)c(N2C(=O)CN(S(C)(=O)=O)C[C@@]2(C)C(=O)NC2CCCCC2)cc1Cl. The second kappa shape index (κ2) is 9.44. The minimum Gasteiger partial charge on any atom is -0.495 e. The van der Waals surface area contributed by atoms with E-state index in [4.69, 9.17) is 21.1 Å². The van der Waals surface area contributed by atoms with Crippen LogP contribution in [0.5, 0.6) is 11.5 Å². The number of hydrogen-bond donors (Lipinski definition) is 1. The zero-order valence-corrected chi connectivity index (χ0v) is 20.4. The third-order valence-corrected chi connectivity index (χ3v) is 7.62. The molecule has 1 heterocycles. The van der Waals surface area contributed by atoms with Crippen LogP contribution >= 0.6 is 11.6 Å². The fraction of sp³-hybridized carbons (Fsp3) is 0.619. The largest absolute Gasteiger partial charge is 0.495 e. The van der Waals surface area contributed by atoms with E-state index < -0.39 is 33.9 Å². The van der Waals surface area contributed by atoms with Crippen molar-refractivity contribution in [2.24, 2.45) is 0 Å². The molecule has 1 atom stereocenters. The van der Waals surface area contributed by atoms with E-state index in [0.29, 0.717) is 5.75 Å². The lowest BCUT2D eigenvalue weighted by molar-refractivity contribution is -0.133. The van der Waals surface area contributed by atoms with E-state index in [1.807, 2.05) is 0 Å². The van der Waals surface area contributed by atoms with E-state index in [0.717, 1.165) is 42.7 Å². The Morgan fingerprint density at radius 2 is 1.78 bits per heavy atom. The number of anilines is 1. The zero-order valence-electron chi connectivity index (χ0n) is 18.8. The number of ether oxygens (including phenoxy) is 2. The van der Waals surface area contributed by atoms with Gasteiger partial charge in [-0.3, -0.25) is 14.5 Å². The molecule has 1 aromatic carbocycles. The Kier molecular flexibility index (Phi) is 7.26. The summed E-state index contributed by atoms with van der Waals surface area (Å²) >= 11 is 6.33. The average molecular weight is 488 g/mol. The molecule has 0 radical (unpaired) electrons. The first-order chi connectivity index (χ1) is 15.0. The highest BCUT2D eigenvalue weighted by molar-refractivity contribution is 7.88. The lowest BCUT2D eigenvalue weighted by Gasteiger charge is -2.47. The van der Waals surface area contributed by atoms with Gasteiger partial charge in [-0.2, -0.15) is 4.31 Å². The number of halogens is 1. The molecular formula is C21H30ClN3O6S. The van der Waals surface area contributed by atoms with Gasteiger partial charge in [-0.1, -0.05) is 30.9 Å². The molecule has 0 aromatic heterocycles. The smallest absolute Gasteiger partial charge is 0.247 e. The summed E-state index contributed by atoms with van der Waals surface area (Å²) < 4.78 is 36.3. The van der Waals surface area contributed by atoms with Crippen LogP contribution in [0.1, 0.15) is 39.0 Å². The number of hydrogen-bond acceptors (Lipinski definition) is 6. The van der Waals surface area contributed by atoms with Crippen LogP contribution in [-0.4, -0.2) is 69.7 Å². The maximum absolute atomic E-state index is 13.6. The number of sulfonamides is 1. The molecule has 1 aromatic rings. The minimum atomic E-state index is -3.71. The van der Waals surface area contributed by atoms with E-state index >= 15 is 0 Å². The standard InChI is InChI=1S/C21H30ClN3O6S/c1-21(20(27)23-14-8-6-5-7-9-14)13-24(32(4,28)29)12-19(26)25(21)16-10-15(22)17(30-2)11-18(16)31-3/h10-11,14H,5-9,12-13H2,1-4H3,(H,23,27)/t21-/m0/s1. The van der Waals surface area contributed by atoms with Gasteiger partial charge in [0.1, 0.15) is 17.0 Å². The zero-order chi connectivity index (χ0) is 23.7. The van der Waals surface area contributed by atoms with Crippen molar-refractivity contribution in [3.8, 4) is 11.5 Å². The number of rotatable bonds is 6. The van der Waals surface area contributed by atoms with E-state index in [-0.39, 0.29) is 29.0 Å². The average Bonchev–Trinajstić information content (AvgIpc) is 2.73. The maximum Gasteiger partial charge on any atom is 0.247 e. The normalized spacial score (nSPS) is 23.2. The molecule has 2 amide bonds. The number of methoxy groups -OCH3 is 2. The molecule has 11 heteroatoms. The highest BCUT2D eigenvalue weighted by atomic mass is 35.5. The molecule has 0 bridgehead atoms. The topological polar surface area (TPSA) is 105 Å². The second-order valence-corrected chi connectivity index (χ2v) is 10.9. The molecule has 3 rings (SSSR count). The molecule has 1 saturated carbocycles. The van der Waals surface area contributed by atoms with Gasteiger partial charge in [0.05, 0.1) is 37.7 Å². The van der Waals surface area contributed by atoms with Crippen LogP contribution in [0, 0.1) is 0 Å². The van der Waals surface area contributed by atoms with E-state index in [2.05, 4.69) is 5.32 Å². The van der Waals surface area contributed by atoms with Crippen molar-refractivity contribution in [1.29, 1.82) is 0 Å². The van der Waals surface area contributed by atoms with Crippen molar-refractivity contribution in [2.45, 2.75) is 50.6 Å². The number of nitrogens with one attached hydrogen (secondary N) is 1. The minimum absolute atomic E-state index is 0.0139. The molecule has 0 spiro atoms. The van der Waals surface area contributed by atoms with E-state index in [1.54, 1.807) is 6.92 Å². The molecule has 1 N–H and O–H groups in total. The summed E-state index contributed by atoms with van der Waals surface area (Å²) in [6.45, 7) is 0.985. The number of benzene rings is 1. The first-order valence-electron chi connectivity index (χ1n) is 10.5. The van der Waals surface area contributed by atoms with Gasteiger partial charge in [0.15, 0.2) is 0 Å². The number of nitrogens with zero attached hydrogens (tertiary/aromatic N) is 2. The van der Waals surface area contributed by atoms with Gasteiger partial charge >= 0.3 is 0 Å². The molecule has 1 aliphatic carbocycles. The first kappa shape index (κ1) is 24.6. The van der Waals surface area contributed by atoms with Crippen molar-refractivity contribution in [2.75, 3.05) is 38.5 Å². The van der Waals surface area contributed by atoms with Gasteiger partial charge in [0, 0.05) is 18.7 Å². The van der Waals surface area contributed by atoms with Crippen LogP contribution in [0.25, 0.3) is 0 Å². The summed E-state index contributed by atoms with van der Waals surface area (Å²) in [7, 11) is -0.818. The molecular weight excluding hydrogens is 458 g/mol. The Hall–Kier alpha value is -2.04. The summed E-state index contributed by atoms with van der Waals surface area (Å²) in [5.74, 6) is -0.338. The highest BCUT2D eigenvalue weighted by Crippen LogP contribution is 2.42. The molecule has 1 saturated heterocycles. The molecule has 178 valence electrons. The number of amides is 2. The van der Waals surface area contributed by atoms with Gasteiger partial charge in [0.2, 0.25) is 21.8 Å². The van der Waals surface area contributed by atoms with Gasteiger partial charge < -0.3 is 14.8 Å². The van der Waals surface area contributed by atoms with Gasteiger partial charge in [-0.15, -0.1) is 0 Å². The number of piperazine rings is 1. The van der Waals surface area contributed by atoms with Crippen LogP contribution < -0.4 is 19.7 Å². The van der Waals surface area contributed by atoms with E-state index in [1.165, 1.54) is 31.3 Å². The molecule has 2 aliphatic rings. The summed E-state index contributed by atoms with van der Waals surface area (Å²) in [6.07, 6.45) is 5.88. The molecule has 9 nitrogen and oxygen atoms in total. The highest BCUT2D eigenvalue weighted by Gasteiger charge is 2.51. The van der Waals surface area contributed by atoms with Crippen molar-refractivity contribution < 1.29 is 27.5 Å². The summed E-state index contributed by atoms with van der Waals surface area (Å²) in [5, 5.41) is 3.28. The third-order valence-electron chi connectivity index (χ3n) is 6.13. The van der Waals surface area contributed by atoms with Crippen LogP contribution in [0.2, 0.25) is 5.02 Å². The Morgan fingerprint density at radius 1 is 1.16 bits per heavy atom. The molecule has 1 aliphatic heterocycles. The number of carbonyl (C=O) groups is 2. The lowest BCUT2D eigenvalue weighted by atomic mass is 9.91. The summed E-state index contributed by atoms with van der Waals surface area (Å²) in [4.78, 5) is 28.2. The van der Waals surface area contributed by atoms with Crippen molar-refractivity contribution in [3.63, 3.8) is 0 Å². The Bertz CT molecular complexity index is 995. The summed E-state index contributed by atoms with van der Waals surface area (Å²) in [5.41, 5.74) is -1.24. The fourth-order valence-electron chi connectivity index (χ4n) is 4.38. The Morgan fingerprint density at radius 3 is 2.34 bits per heavy atom. The van der Waals surface area contributed by atoms with Gasteiger partial charge in [-0.05, 0) is 25.8 Å². The Labute approximate surface area is 194 Å². The second-order valence-electron chi connectivity index (χ2n) is 8.50. The maximum atomic E-state index is 13.6. The lowest BCUT2D eigenvalue weighted by Crippen LogP contribution is -2.70. The van der Waals surface area contributed by atoms with Gasteiger partial charge in [-0.25, -0.2) is 8.42 Å². The van der Waals surface area contributed by atoms with E-state index in [9.17, 15) is 18.0 Å². The van der Waals surface area contributed by atoms with Crippen molar-refractivity contribution >= 4 is 39.1 Å². The predicted molar refractivity (Wildman–Crippen MR) is 122 cm³/mol. The number of carbonyl (C=O) groups excluding carboxylic acids is 2. The predicted octanol–water partition coefficient (Wildman–Crippen LogP) is 2.17. The molecule has 2 fully saturated rings.